The van der Waals surface area contributed by atoms with Gasteiger partial charge in [-0.2, -0.15) is 0 Å². The zero-order valence-corrected chi connectivity index (χ0v) is 13.0. The number of carbonyl (C=O) groups excluding carboxylic acids is 2. The number of amides is 2. The number of nitrogens with zero attached hydrogens (tertiary/aromatic N) is 1. The van der Waals surface area contributed by atoms with Crippen molar-refractivity contribution in [2.24, 2.45) is 5.73 Å². The van der Waals surface area contributed by atoms with Crippen LogP contribution in [0, 0.1) is 0 Å². The second-order valence-electron chi connectivity index (χ2n) is 5.22. The van der Waals surface area contributed by atoms with E-state index in [-0.39, 0.29) is 23.8 Å². The molecule has 1 aliphatic rings. The number of nitrogens with two attached hydrogens (primary N) is 1. The van der Waals surface area contributed by atoms with Crippen molar-refractivity contribution >= 4 is 29.1 Å². The van der Waals surface area contributed by atoms with E-state index in [1.807, 2.05) is 24.3 Å². The van der Waals surface area contributed by atoms with E-state index < -0.39 is 5.91 Å². The molecular formula is C17H15ClN2O3. The number of rotatable bonds is 4. The Hall–Kier alpha value is -2.53. The number of fused-ring (bicyclic) bond motifs is 1. The minimum absolute atomic E-state index is 0.159. The molecule has 23 heavy (non-hydrogen) atoms. The van der Waals surface area contributed by atoms with E-state index in [2.05, 4.69) is 0 Å². The zero-order chi connectivity index (χ0) is 16.4. The summed E-state index contributed by atoms with van der Waals surface area (Å²) in [5, 5.41) is 0.381. The lowest BCUT2D eigenvalue weighted by Crippen LogP contribution is -2.33. The van der Waals surface area contributed by atoms with Gasteiger partial charge in [0, 0.05) is 17.3 Å². The molecule has 5 nitrogen and oxygen atoms in total. The minimum atomic E-state index is -0.651. The summed E-state index contributed by atoms with van der Waals surface area (Å²) in [4.78, 5) is 25.5. The van der Waals surface area contributed by atoms with Gasteiger partial charge in [0.15, 0.2) is 6.61 Å². The van der Waals surface area contributed by atoms with E-state index in [1.165, 1.54) is 12.1 Å². The largest absolute Gasteiger partial charge is 0.483 e. The highest BCUT2D eigenvalue weighted by Crippen LogP contribution is 2.28. The van der Waals surface area contributed by atoms with Crippen LogP contribution in [0.5, 0.6) is 5.75 Å². The fourth-order valence-electron chi connectivity index (χ4n) is 2.64. The van der Waals surface area contributed by atoms with Crippen LogP contribution in [-0.2, 0) is 11.2 Å². The fourth-order valence-corrected chi connectivity index (χ4v) is 2.81. The highest BCUT2D eigenvalue weighted by molar-refractivity contribution is 6.31. The van der Waals surface area contributed by atoms with E-state index >= 15 is 0 Å². The van der Waals surface area contributed by atoms with Gasteiger partial charge in [0.25, 0.3) is 11.8 Å². The SMILES string of the molecule is NC(=O)c1cc(Cl)ccc1OCC(=O)N1CCc2ccccc21. The molecule has 0 bridgehead atoms. The van der Waals surface area contributed by atoms with E-state index in [4.69, 9.17) is 22.1 Å². The number of carbonyl (C=O) groups is 2. The Morgan fingerprint density at radius 2 is 2.00 bits per heavy atom. The molecule has 0 fully saturated rings. The Balaban J connectivity index is 1.72. The summed E-state index contributed by atoms with van der Waals surface area (Å²) in [6, 6.07) is 12.3. The number of hydrogen-bond acceptors (Lipinski definition) is 3. The molecule has 2 amide bonds. The Bertz CT molecular complexity index is 776. The fraction of sp³-hybridized carbons (Fsp3) is 0.176. The van der Waals surface area contributed by atoms with Crippen LogP contribution in [0.25, 0.3) is 0 Å². The summed E-state index contributed by atoms with van der Waals surface area (Å²) >= 11 is 5.84. The Labute approximate surface area is 138 Å². The van der Waals surface area contributed by atoms with Gasteiger partial charge in [-0.05, 0) is 36.2 Å². The molecule has 1 heterocycles. The van der Waals surface area contributed by atoms with Crippen LogP contribution in [0.4, 0.5) is 5.69 Å². The molecule has 0 atom stereocenters. The van der Waals surface area contributed by atoms with Gasteiger partial charge in [-0.25, -0.2) is 0 Å². The number of halogens is 1. The third-order valence-corrected chi connectivity index (χ3v) is 3.98. The average Bonchev–Trinajstić information content (AvgIpc) is 2.97. The first-order chi connectivity index (χ1) is 11.1. The Kier molecular flexibility index (Phi) is 4.21. The van der Waals surface area contributed by atoms with Crippen LogP contribution in [0.3, 0.4) is 0 Å². The monoisotopic (exact) mass is 330 g/mol. The second kappa shape index (κ2) is 6.30. The third kappa shape index (κ3) is 3.14. The molecule has 0 saturated carbocycles. The molecule has 0 unspecified atom stereocenters. The van der Waals surface area contributed by atoms with Crippen molar-refractivity contribution in [3.63, 3.8) is 0 Å². The van der Waals surface area contributed by atoms with Gasteiger partial charge in [-0.15, -0.1) is 0 Å². The summed E-state index contributed by atoms with van der Waals surface area (Å²) < 4.78 is 5.49. The van der Waals surface area contributed by atoms with Crippen molar-refractivity contribution < 1.29 is 14.3 Å². The maximum Gasteiger partial charge on any atom is 0.264 e. The van der Waals surface area contributed by atoms with Gasteiger partial charge >= 0.3 is 0 Å². The van der Waals surface area contributed by atoms with Gasteiger partial charge in [-0.1, -0.05) is 29.8 Å². The van der Waals surface area contributed by atoms with E-state index in [1.54, 1.807) is 11.0 Å². The lowest BCUT2D eigenvalue weighted by Gasteiger charge is -2.18. The number of hydrogen-bond donors (Lipinski definition) is 1. The Morgan fingerprint density at radius 1 is 1.22 bits per heavy atom. The summed E-state index contributed by atoms with van der Waals surface area (Å²) in [5.74, 6) is -0.565. The van der Waals surface area contributed by atoms with Crippen LogP contribution in [-0.4, -0.2) is 25.0 Å². The first-order valence-corrected chi connectivity index (χ1v) is 7.54. The molecule has 2 aromatic rings. The molecule has 0 aliphatic carbocycles. The Morgan fingerprint density at radius 3 is 2.78 bits per heavy atom. The quantitative estimate of drug-likeness (QED) is 0.935. The maximum absolute atomic E-state index is 12.4. The number of benzene rings is 2. The van der Waals surface area contributed by atoms with Gasteiger partial charge in [0.1, 0.15) is 5.75 Å². The van der Waals surface area contributed by atoms with Gasteiger partial charge in [-0.3, -0.25) is 9.59 Å². The molecule has 0 spiro atoms. The first-order valence-electron chi connectivity index (χ1n) is 7.16. The predicted molar refractivity (Wildman–Crippen MR) is 88.0 cm³/mol. The molecule has 0 saturated heterocycles. The topological polar surface area (TPSA) is 72.6 Å². The molecule has 0 aromatic heterocycles. The van der Waals surface area contributed by atoms with E-state index in [9.17, 15) is 9.59 Å². The summed E-state index contributed by atoms with van der Waals surface area (Å²) in [5.41, 5.74) is 7.51. The standard InChI is InChI=1S/C17H15ClN2O3/c18-12-5-6-15(13(9-12)17(19)22)23-10-16(21)20-8-7-11-3-1-2-4-14(11)20/h1-6,9H,7-8,10H2,(H2,19,22). The van der Waals surface area contributed by atoms with Crippen LogP contribution in [0.15, 0.2) is 42.5 Å². The van der Waals surface area contributed by atoms with Crippen LogP contribution >= 0.6 is 11.6 Å². The van der Waals surface area contributed by atoms with Crippen molar-refractivity contribution in [1.29, 1.82) is 0 Å². The minimum Gasteiger partial charge on any atom is -0.483 e. The lowest BCUT2D eigenvalue weighted by molar-refractivity contribution is -0.120. The van der Waals surface area contributed by atoms with E-state index in [0.29, 0.717) is 11.6 Å². The molecule has 0 radical (unpaired) electrons. The van der Waals surface area contributed by atoms with Crippen LogP contribution in [0.2, 0.25) is 5.02 Å². The smallest absolute Gasteiger partial charge is 0.264 e. The normalized spacial score (nSPS) is 12.8. The molecule has 2 aromatic carbocycles. The zero-order valence-electron chi connectivity index (χ0n) is 12.3. The second-order valence-corrected chi connectivity index (χ2v) is 5.65. The lowest BCUT2D eigenvalue weighted by atomic mass is 10.2. The number of para-hydroxylation sites is 1. The summed E-state index contributed by atoms with van der Waals surface area (Å²) in [6.07, 6.45) is 0.829. The molecule has 118 valence electrons. The summed E-state index contributed by atoms with van der Waals surface area (Å²) in [7, 11) is 0. The van der Waals surface area contributed by atoms with E-state index in [0.717, 1.165) is 17.7 Å². The van der Waals surface area contributed by atoms with Crippen LogP contribution < -0.4 is 15.4 Å². The third-order valence-electron chi connectivity index (χ3n) is 3.75. The van der Waals surface area contributed by atoms with Crippen molar-refractivity contribution in [3.05, 3.63) is 58.6 Å². The van der Waals surface area contributed by atoms with Crippen molar-refractivity contribution in [1.82, 2.24) is 0 Å². The molecular weight excluding hydrogens is 316 g/mol. The summed E-state index contributed by atoms with van der Waals surface area (Å²) in [6.45, 7) is 0.459. The highest BCUT2D eigenvalue weighted by atomic mass is 35.5. The average molecular weight is 331 g/mol. The predicted octanol–water partition coefficient (Wildman–Crippen LogP) is 2.41. The van der Waals surface area contributed by atoms with Gasteiger partial charge in [0.05, 0.1) is 5.56 Å². The first kappa shape index (κ1) is 15.4. The molecule has 6 heteroatoms. The molecule has 1 aliphatic heterocycles. The van der Waals surface area contributed by atoms with Crippen molar-refractivity contribution in [2.75, 3.05) is 18.1 Å². The number of primary amides is 1. The van der Waals surface area contributed by atoms with Gasteiger partial charge < -0.3 is 15.4 Å². The molecule has 3 rings (SSSR count). The highest BCUT2D eigenvalue weighted by Gasteiger charge is 2.24. The van der Waals surface area contributed by atoms with Crippen molar-refractivity contribution in [3.8, 4) is 5.75 Å². The number of anilines is 1. The van der Waals surface area contributed by atoms with Gasteiger partial charge in [0.2, 0.25) is 0 Å². The van der Waals surface area contributed by atoms with Crippen molar-refractivity contribution in [2.45, 2.75) is 6.42 Å². The maximum atomic E-state index is 12.4. The number of ether oxygens (including phenoxy) is 1. The van der Waals surface area contributed by atoms with Crippen LogP contribution in [0.1, 0.15) is 15.9 Å². The molecule has 2 N–H and O–H groups in total.